The molecule has 1 unspecified atom stereocenters. The van der Waals surface area contributed by atoms with E-state index in [2.05, 4.69) is 0 Å². The Bertz CT molecular complexity index is 350. The van der Waals surface area contributed by atoms with Crippen molar-refractivity contribution in [2.24, 2.45) is 0 Å². The van der Waals surface area contributed by atoms with Gasteiger partial charge in [-0.2, -0.15) is 0 Å². The molecule has 1 aromatic rings. The summed E-state index contributed by atoms with van der Waals surface area (Å²) in [5, 5.41) is 9.17. The Morgan fingerprint density at radius 1 is 1.19 bits per heavy atom. The largest absolute Gasteiger partial charge is 0.494 e. The fourth-order valence-electron chi connectivity index (χ4n) is 1.41. The molecule has 0 fully saturated rings. The first kappa shape index (κ1) is 12.7. The molecular formula is C11H14F2O3. The van der Waals surface area contributed by atoms with Crippen molar-refractivity contribution in [1.29, 1.82) is 0 Å². The van der Waals surface area contributed by atoms with Gasteiger partial charge in [-0.3, -0.25) is 0 Å². The Morgan fingerprint density at radius 3 is 1.94 bits per heavy atom. The van der Waals surface area contributed by atoms with Crippen molar-refractivity contribution in [2.45, 2.75) is 19.4 Å². The van der Waals surface area contributed by atoms with Crippen LogP contribution in [-0.4, -0.2) is 25.4 Å². The number of hydrogen-bond donors (Lipinski definition) is 1. The van der Waals surface area contributed by atoms with Gasteiger partial charge in [0.15, 0.2) is 23.1 Å². The van der Waals surface area contributed by atoms with E-state index in [1.165, 1.54) is 21.1 Å². The zero-order chi connectivity index (χ0) is 12.3. The Balaban J connectivity index is 3.31. The third kappa shape index (κ3) is 2.41. The Kier molecular flexibility index (Phi) is 4.06. The first-order valence-electron chi connectivity index (χ1n) is 4.78. The first-order valence-corrected chi connectivity index (χ1v) is 4.78. The molecular weight excluding hydrogens is 218 g/mol. The van der Waals surface area contributed by atoms with Crippen LogP contribution in [0, 0.1) is 11.6 Å². The van der Waals surface area contributed by atoms with E-state index in [9.17, 15) is 8.78 Å². The van der Waals surface area contributed by atoms with Gasteiger partial charge < -0.3 is 14.6 Å². The maximum Gasteiger partial charge on any atom is 0.171 e. The standard InChI is InChI=1S/C11H14F2O3/c1-6(14)4-7-10(12)8(15-2)5-9(16-3)11(7)13/h5-6,14H,4H2,1-3H3. The maximum atomic E-state index is 13.7. The highest BCUT2D eigenvalue weighted by Crippen LogP contribution is 2.31. The molecule has 5 heteroatoms. The molecule has 0 saturated heterocycles. The predicted molar refractivity (Wildman–Crippen MR) is 54.8 cm³/mol. The predicted octanol–water partition coefficient (Wildman–Crippen LogP) is 1.91. The highest BCUT2D eigenvalue weighted by molar-refractivity contribution is 5.42. The van der Waals surface area contributed by atoms with Crippen molar-refractivity contribution >= 4 is 0 Å². The molecule has 0 bridgehead atoms. The van der Waals surface area contributed by atoms with Gasteiger partial charge in [-0.1, -0.05) is 0 Å². The van der Waals surface area contributed by atoms with Crippen LogP contribution >= 0.6 is 0 Å². The number of aliphatic hydroxyl groups excluding tert-OH is 1. The van der Waals surface area contributed by atoms with Gasteiger partial charge in [0.25, 0.3) is 0 Å². The van der Waals surface area contributed by atoms with E-state index in [1.54, 1.807) is 0 Å². The number of aliphatic hydroxyl groups is 1. The van der Waals surface area contributed by atoms with Crippen LogP contribution in [0.5, 0.6) is 11.5 Å². The molecule has 0 aliphatic heterocycles. The van der Waals surface area contributed by atoms with E-state index in [1.807, 2.05) is 0 Å². The third-order valence-electron chi connectivity index (χ3n) is 2.16. The van der Waals surface area contributed by atoms with E-state index in [0.29, 0.717) is 0 Å². The van der Waals surface area contributed by atoms with Crippen molar-refractivity contribution in [1.82, 2.24) is 0 Å². The second-order valence-electron chi connectivity index (χ2n) is 3.44. The third-order valence-corrected chi connectivity index (χ3v) is 2.16. The molecule has 0 heterocycles. The Labute approximate surface area is 92.6 Å². The fourth-order valence-corrected chi connectivity index (χ4v) is 1.41. The van der Waals surface area contributed by atoms with Gasteiger partial charge >= 0.3 is 0 Å². The minimum Gasteiger partial charge on any atom is -0.494 e. The highest BCUT2D eigenvalue weighted by Gasteiger charge is 2.20. The van der Waals surface area contributed by atoms with Crippen LogP contribution < -0.4 is 9.47 Å². The number of methoxy groups -OCH3 is 2. The smallest absolute Gasteiger partial charge is 0.171 e. The molecule has 0 aliphatic carbocycles. The summed E-state index contributed by atoms with van der Waals surface area (Å²) in [5.74, 6) is -1.81. The summed E-state index contributed by atoms with van der Waals surface area (Å²) < 4.78 is 36.9. The van der Waals surface area contributed by atoms with Crippen molar-refractivity contribution in [3.63, 3.8) is 0 Å². The second kappa shape index (κ2) is 5.12. The monoisotopic (exact) mass is 232 g/mol. The summed E-state index contributed by atoms with van der Waals surface area (Å²) in [6, 6.07) is 1.14. The lowest BCUT2D eigenvalue weighted by atomic mass is 10.1. The quantitative estimate of drug-likeness (QED) is 0.861. The molecule has 3 nitrogen and oxygen atoms in total. The Morgan fingerprint density at radius 2 is 1.62 bits per heavy atom. The summed E-state index contributed by atoms with van der Waals surface area (Å²) >= 11 is 0. The summed E-state index contributed by atoms with van der Waals surface area (Å²) in [6.07, 6.45) is -0.980. The molecule has 1 aromatic carbocycles. The van der Waals surface area contributed by atoms with Gasteiger partial charge in [0.05, 0.1) is 20.3 Å². The lowest BCUT2D eigenvalue weighted by Gasteiger charge is -2.13. The van der Waals surface area contributed by atoms with Crippen molar-refractivity contribution < 1.29 is 23.4 Å². The minimum atomic E-state index is -0.846. The highest BCUT2D eigenvalue weighted by atomic mass is 19.1. The summed E-state index contributed by atoms with van der Waals surface area (Å²) in [7, 11) is 2.56. The topological polar surface area (TPSA) is 38.7 Å². The van der Waals surface area contributed by atoms with Gasteiger partial charge in [0, 0.05) is 18.1 Å². The average molecular weight is 232 g/mol. The van der Waals surface area contributed by atoms with Gasteiger partial charge in [-0.25, -0.2) is 8.78 Å². The molecule has 1 rings (SSSR count). The molecule has 0 aliphatic rings. The Hall–Kier alpha value is -1.36. The van der Waals surface area contributed by atoms with Gasteiger partial charge in [-0.05, 0) is 6.92 Å². The second-order valence-corrected chi connectivity index (χ2v) is 3.44. The van der Waals surface area contributed by atoms with Crippen LogP contribution in [0.15, 0.2) is 6.07 Å². The van der Waals surface area contributed by atoms with Crippen LogP contribution in [0.25, 0.3) is 0 Å². The summed E-state index contributed by atoms with van der Waals surface area (Å²) in [4.78, 5) is 0. The van der Waals surface area contributed by atoms with Gasteiger partial charge in [-0.15, -0.1) is 0 Å². The van der Waals surface area contributed by atoms with E-state index < -0.39 is 17.7 Å². The van der Waals surface area contributed by atoms with Crippen molar-refractivity contribution in [3.05, 3.63) is 23.3 Å². The SMILES string of the molecule is COc1cc(OC)c(F)c(CC(C)O)c1F. The van der Waals surface area contributed by atoms with Crippen molar-refractivity contribution in [3.8, 4) is 11.5 Å². The zero-order valence-corrected chi connectivity index (χ0v) is 9.38. The lowest BCUT2D eigenvalue weighted by Crippen LogP contribution is -2.10. The minimum absolute atomic E-state index is 0.103. The molecule has 0 spiro atoms. The zero-order valence-electron chi connectivity index (χ0n) is 9.38. The number of ether oxygens (including phenoxy) is 2. The van der Waals surface area contributed by atoms with Crippen molar-refractivity contribution in [2.75, 3.05) is 14.2 Å². The van der Waals surface area contributed by atoms with Crippen LogP contribution in [0.2, 0.25) is 0 Å². The van der Waals surface area contributed by atoms with Crippen LogP contribution in [0.3, 0.4) is 0 Å². The van der Waals surface area contributed by atoms with E-state index >= 15 is 0 Å². The van der Waals surface area contributed by atoms with E-state index in [0.717, 1.165) is 6.07 Å². The van der Waals surface area contributed by atoms with Crippen LogP contribution in [0.1, 0.15) is 12.5 Å². The number of hydrogen-bond acceptors (Lipinski definition) is 3. The van der Waals surface area contributed by atoms with Crippen LogP contribution in [0.4, 0.5) is 8.78 Å². The molecule has 1 N–H and O–H groups in total. The molecule has 16 heavy (non-hydrogen) atoms. The number of halogens is 2. The van der Waals surface area contributed by atoms with Gasteiger partial charge in [0.1, 0.15) is 0 Å². The molecule has 0 saturated carbocycles. The van der Waals surface area contributed by atoms with E-state index in [4.69, 9.17) is 14.6 Å². The molecule has 90 valence electrons. The van der Waals surface area contributed by atoms with Gasteiger partial charge in [0.2, 0.25) is 0 Å². The van der Waals surface area contributed by atoms with Crippen LogP contribution in [-0.2, 0) is 6.42 Å². The molecule has 0 radical (unpaired) electrons. The molecule has 0 amide bonds. The lowest BCUT2D eigenvalue weighted by molar-refractivity contribution is 0.191. The number of benzene rings is 1. The molecule has 0 aromatic heterocycles. The fraction of sp³-hybridized carbons (Fsp3) is 0.455. The summed E-state index contributed by atoms with van der Waals surface area (Å²) in [6.45, 7) is 1.45. The normalized spacial score (nSPS) is 12.4. The summed E-state index contributed by atoms with van der Waals surface area (Å²) in [5.41, 5.74) is -0.230. The number of rotatable bonds is 4. The van der Waals surface area contributed by atoms with E-state index in [-0.39, 0.29) is 23.5 Å². The average Bonchev–Trinajstić information content (AvgIpc) is 2.24. The maximum absolute atomic E-state index is 13.7. The first-order chi connectivity index (χ1) is 7.51. The molecule has 1 atom stereocenters.